The van der Waals surface area contributed by atoms with Crippen molar-refractivity contribution in [1.29, 1.82) is 0 Å². The Morgan fingerprint density at radius 1 is 0.353 bits per heavy atom. The van der Waals surface area contributed by atoms with Gasteiger partial charge in [-0.25, -0.2) is 0 Å². The van der Waals surface area contributed by atoms with Gasteiger partial charge in [-0.2, -0.15) is 0 Å². The van der Waals surface area contributed by atoms with Crippen molar-refractivity contribution < 1.29 is 0 Å². The van der Waals surface area contributed by atoms with E-state index in [1.807, 2.05) is 0 Å². The normalized spacial score (nSPS) is 13.8. The van der Waals surface area contributed by atoms with E-state index in [0.717, 1.165) is 17.1 Å². The van der Waals surface area contributed by atoms with Gasteiger partial charge >= 0.3 is 0 Å². The van der Waals surface area contributed by atoms with Crippen LogP contribution in [0.2, 0.25) is 0 Å². The van der Waals surface area contributed by atoms with Crippen molar-refractivity contribution in [2.75, 3.05) is 4.90 Å². The van der Waals surface area contributed by atoms with Crippen molar-refractivity contribution >= 4 is 38.9 Å². The van der Waals surface area contributed by atoms with Gasteiger partial charge in [-0.15, -0.1) is 0 Å². The molecule has 1 fully saturated rings. The molecule has 0 atom stereocenters. The lowest BCUT2D eigenvalue weighted by Crippen LogP contribution is -2.30. The highest BCUT2D eigenvalue weighted by atomic mass is 15.1. The molecule has 0 unspecified atom stereocenters. The van der Waals surface area contributed by atoms with Gasteiger partial charge in [-0.1, -0.05) is 213 Å². The highest BCUT2D eigenvalue weighted by molar-refractivity contribution is 6.10. The summed E-state index contributed by atoms with van der Waals surface area (Å²) in [6.45, 7) is 0. The van der Waals surface area contributed by atoms with Crippen LogP contribution in [-0.2, 0) is 10.8 Å². The van der Waals surface area contributed by atoms with Gasteiger partial charge in [0.25, 0.3) is 0 Å². The molecule has 324 valence electrons. The zero-order valence-electron chi connectivity index (χ0n) is 38.0. The molecule has 2 heteroatoms. The minimum atomic E-state index is -0.508. The molecule has 0 aliphatic heterocycles. The van der Waals surface area contributed by atoms with Gasteiger partial charge in [0, 0.05) is 38.9 Å². The molecule has 2 aliphatic carbocycles. The average Bonchev–Trinajstić information content (AvgIpc) is 4.12. The van der Waals surface area contributed by atoms with E-state index >= 15 is 0 Å². The molecule has 2 aliphatic rings. The number of hydrogen-bond acceptors (Lipinski definition) is 1. The van der Waals surface area contributed by atoms with E-state index in [1.54, 1.807) is 0 Å². The number of rotatable bonds is 9. The smallest absolute Gasteiger partial charge is 0.0701 e. The molecule has 2 nitrogen and oxygen atoms in total. The van der Waals surface area contributed by atoms with E-state index in [1.165, 1.54) is 109 Å². The van der Waals surface area contributed by atoms with Crippen molar-refractivity contribution in [1.82, 2.24) is 4.57 Å². The molecule has 68 heavy (non-hydrogen) atoms. The summed E-state index contributed by atoms with van der Waals surface area (Å²) in [5.41, 5.74) is 19.6. The zero-order valence-corrected chi connectivity index (χ0v) is 38.0. The number of nitrogens with zero attached hydrogens (tertiary/aromatic N) is 2. The summed E-state index contributed by atoms with van der Waals surface area (Å²) in [6, 6.07) is 94.6. The van der Waals surface area contributed by atoms with Gasteiger partial charge in [-0.05, 0) is 123 Å². The molecule has 0 N–H and O–H groups in total. The molecule has 0 amide bonds. The van der Waals surface area contributed by atoms with E-state index in [0.29, 0.717) is 0 Å². The molecule has 0 bridgehead atoms. The second-order valence-corrected chi connectivity index (χ2v) is 18.8. The molecule has 0 radical (unpaired) electrons. The highest BCUT2D eigenvalue weighted by Crippen LogP contribution is 2.58. The fraction of sp³-hybridized carbons (Fsp3) is 0.0909. The second kappa shape index (κ2) is 16.3. The van der Waals surface area contributed by atoms with Crippen molar-refractivity contribution in [3.63, 3.8) is 0 Å². The fourth-order valence-corrected chi connectivity index (χ4v) is 12.3. The minimum Gasteiger partial charge on any atom is -0.310 e. The second-order valence-electron chi connectivity index (χ2n) is 18.8. The van der Waals surface area contributed by atoms with Crippen molar-refractivity contribution in [2.24, 2.45) is 0 Å². The Kier molecular flexibility index (Phi) is 9.61. The lowest BCUT2D eigenvalue weighted by atomic mass is 9.65. The van der Waals surface area contributed by atoms with Crippen LogP contribution < -0.4 is 4.90 Å². The van der Waals surface area contributed by atoms with Crippen LogP contribution in [0.3, 0.4) is 0 Å². The third kappa shape index (κ3) is 6.25. The van der Waals surface area contributed by atoms with E-state index in [4.69, 9.17) is 0 Å². The van der Waals surface area contributed by atoms with Crippen LogP contribution >= 0.6 is 0 Å². The third-order valence-electron chi connectivity index (χ3n) is 15.3. The van der Waals surface area contributed by atoms with E-state index in [-0.39, 0.29) is 5.41 Å². The largest absolute Gasteiger partial charge is 0.310 e. The molecule has 11 aromatic rings. The SMILES string of the molecule is c1ccc(-n2c3ccccc3c3ccc(N(c4cccc(-c5ccc(C(c6ccccc6)(c6ccccc6)c6ccccc6)cc5)c4)c4ccc5c(c4)C4(CCCC4)c4ccccc4-5)cc32)cc1. The first-order valence-electron chi connectivity index (χ1n) is 24.2. The van der Waals surface area contributed by atoms with Gasteiger partial charge in [0.2, 0.25) is 0 Å². The summed E-state index contributed by atoms with van der Waals surface area (Å²) < 4.78 is 2.43. The molecule has 10 aromatic carbocycles. The molecule has 1 aromatic heterocycles. The lowest BCUT2D eigenvalue weighted by molar-refractivity contribution is 0.550. The first kappa shape index (κ1) is 40.1. The monoisotopic (exact) mass is 870 g/mol. The van der Waals surface area contributed by atoms with Crippen LogP contribution in [0, 0.1) is 0 Å². The third-order valence-corrected chi connectivity index (χ3v) is 15.3. The molecule has 0 saturated heterocycles. The number of anilines is 3. The van der Waals surface area contributed by atoms with E-state index < -0.39 is 5.41 Å². The maximum absolute atomic E-state index is 2.54. The van der Waals surface area contributed by atoms with Crippen molar-refractivity contribution in [3.05, 3.63) is 288 Å². The Hall–Kier alpha value is -8.20. The minimum absolute atomic E-state index is 0.0510. The average molecular weight is 871 g/mol. The van der Waals surface area contributed by atoms with E-state index in [9.17, 15) is 0 Å². The molecule has 1 saturated carbocycles. The van der Waals surface area contributed by atoms with Gasteiger partial charge < -0.3 is 9.47 Å². The summed E-state index contributed by atoms with van der Waals surface area (Å²) in [6.07, 6.45) is 4.89. The van der Waals surface area contributed by atoms with Crippen LogP contribution in [0.5, 0.6) is 0 Å². The van der Waals surface area contributed by atoms with Gasteiger partial charge in [-0.3, -0.25) is 0 Å². The quantitative estimate of drug-likeness (QED) is 0.131. The Balaban J connectivity index is 0.983. The standard InChI is InChI=1S/C66H50N2/c1-5-21-49(22-6-1)66(50-23-7-2-8-24-50,51-25-9-3-10-26-51)52-36-34-47(35-37-52)48-20-19-29-54(44-48)67(55-38-40-58-57-30-13-15-32-61(57)65(62(58)45-55)42-17-18-43-65)56-39-41-60-59-31-14-16-33-63(59)68(64(60)46-56)53-27-11-4-12-28-53/h1-16,19-41,44-46H,17-18,42-43H2. The predicted octanol–water partition coefficient (Wildman–Crippen LogP) is 17.1. The highest BCUT2D eigenvalue weighted by Gasteiger charge is 2.45. The van der Waals surface area contributed by atoms with Crippen molar-refractivity contribution in [3.8, 4) is 27.9 Å². The zero-order chi connectivity index (χ0) is 45.1. The summed E-state index contributed by atoms with van der Waals surface area (Å²) in [7, 11) is 0. The first-order chi connectivity index (χ1) is 33.7. The van der Waals surface area contributed by atoms with Crippen LogP contribution in [0.25, 0.3) is 49.7 Å². The number of aromatic nitrogens is 1. The summed E-state index contributed by atoms with van der Waals surface area (Å²) in [4.78, 5) is 2.50. The summed E-state index contributed by atoms with van der Waals surface area (Å²) >= 11 is 0. The maximum atomic E-state index is 2.54. The molecular weight excluding hydrogens is 821 g/mol. The number of para-hydroxylation sites is 2. The Labute approximate surface area is 399 Å². The van der Waals surface area contributed by atoms with Crippen LogP contribution in [-0.4, -0.2) is 4.57 Å². The van der Waals surface area contributed by atoms with Gasteiger partial charge in [0.15, 0.2) is 0 Å². The molecule has 1 spiro atoms. The topological polar surface area (TPSA) is 8.17 Å². The molecule has 13 rings (SSSR count). The summed E-state index contributed by atoms with van der Waals surface area (Å²) in [5.74, 6) is 0. The van der Waals surface area contributed by atoms with Crippen molar-refractivity contribution in [2.45, 2.75) is 36.5 Å². The first-order valence-corrected chi connectivity index (χ1v) is 24.2. The number of hydrogen-bond donors (Lipinski definition) is 0. The van der Waals surface area contributed by atoms with Crippen LogP contribution in [0.15, 0.2) is 255 Å². The maximum Gasteiger partial charge on any atom is 0.0701 e. The van der Waals surface area contributed by atoms with Crippen LogP contribution in [0.1, 0.15) is 59.1 Å². The summed E-state index contributed by atoms with van der Waals surface area (Å²) in [5, 5.41) is 2.50. The number of benzene rings is 10. The molecule has 1 heterocycles. The lowest BCUT2D eigenvalue weighted by Gasteiger charge is -2.37. The predicted molar refractivity (Wildman–Crippen MR) is 284 cm³/mol. The Bertz CT molecular complexity index is 3510. The van der Waals surface area contributed by atoms with Crippen LogP contribution in [0.4, 0.5) is 17.1 Å². The Morgan fingerprint density at radius 2 is 0.882 bits per heavy atom. The van der Waals surface area contributed by atoms with E-state index in [2.05, 4.69) is 264 Å². The van der Waals surface area contributed by atoms with Gasteiger partial charge in [0.05, 0.1) is 16.4 Å². The molecular formula is C66H50N2. The fourth-order valence-electron chi connectivity index (χ4n) is 12.3. The van der Waals surface area contributed by atoms with Gasteiger partial charge in [0.1, 0.15) is 0 Å². The Morgan fingerprint density at radius 3 is 1.57 bits per heavy atom. The number of fused-ring (bicyclic) bond motifs is 8.